The molecule has 0 saturated carbocycles. The van der Waals surface area contributed by atoms with Crippen LogP contribution in [0.4, 0.5) is 4.39 Å². The second-order valence-electron chi connectivity index (χ2n) is 4.49. The molecule has 1 heterocycles. The van der Waals surface area contributed by atoms with Crippen molar-refractivity contribution in [3.05, 3.63) is 65.2 Å². The van der Waals surface area contributed by atoms with Crippen molar-refractivity contribution in [3.8, 4) is 0 Å². The maximum absolute atomic E-state index is 13.6. The SMILES string of the molecule is CN(Cc1ccccc1CN)C(=O)c1ccncc1F. The lowest BCUT2D eigenvalue weighted by molar-refractivity contribution is 0.0780. The van der Waals surface area contributed by atoms with Crippen LogP contribution >= 0.6 is 0 Å². The van der Waals surface area contributed by atoms with E-state index in [4.69, 9.17) is 5.73 Å². The van der Waals surface area contributed by atoms with E-state index in [1.54, 1.807) is 7.05 Å². The molecule has 2 N–H and O–H groups in total. The number of benzene rings is 1. The molecule has 4 nitrogen and oxygen atoms in total. The number of amides is 1. The van der Waals surface area contributed by atoms with E-state index in [1.165, 1.54) is 17.2 Å². The van der Waals surface area contributed by atoms with Gasteiger partial charge < -0.3 is 10.6 Å². The third-order valence-corrected chi connectivity index (χ3v) is 3.10. The molecule has 1 amide bonds. The standard InChI is InChI=1S/C15H16FN3O/c1-19(10-12-5-3-2-4-11(12)8-17)15(20)13-6-7-18-9-14(13)16/h2-7,9H,8,10,17H2,1H3. The molecule has 2 rings (SSSR count). The Bertz CT molecular complexity index is 616. The highest BCUT2D eigenvalue weighted by atomic mass is 19.1. The number of rotatable bonds is 4. The summed E-state index contributed by atoms with van der Waals surface area (Å²) in [4.78, 5) is 17.3. The maximum Gasteiger partial charge on any atom is 0.256 e. The van der Waals surface area contributed by atoms with Crippen LogP contribution in [0.2, 0.25) is 0 Å². The van der Waals surface area contributed by atoms with Gasteiger partial charge in [0.2, 0.25) is 0 Å². The van der Waals surface area contributed by atoms with E-state index in [-0.39, 0.29) is 11.5 Å². The minimum Gasteiger partial charge on any atom is -0.337 e. The summed E-state index contributed by atoms with van der Waals surface area (Å²) in [7, 11) is 1.63. The highest BCUT2D eigenvalue weighted by Gasteiger charge is 2.16. The highest BCUT2D eigenvalue weighted by molar-refractivity contribution is 5.94. The number of carbonyl (C=O) groups is 1. The molecule has 0 saturated heterocycles. The second kappa shape index (κ2) is 6.25. The summed E-state index contributed by atoms with van der Waals surface area (Å²) in [6, 6.07) is 8.99. The third kappa shape index (κ3) is 3.00. The van der Waals surface area contributed by atoms with Gasteiger partial charge in [0.05, 0.1) is 11.8 Å². The molecule has 0 aliphatic heterocycles. The van der Waals surface area contributed by atoms with Crippen molar-refractivity contribution in [2.75, 3.05) is 7.05 Å². The maximum atomic E-state index is 13.6. The van der Waals surface area contributed by atoms with Gasteiger partial charge in [0.1, 0.15) is 0 Å². The van der Waals surface area contributed by atoms with Gasteiger partial charge in [-0.3, -0.25) is 9.78 Å². The number of carbonyl (C=O) groups excluding carboxylic acids is 1. The first-order valence-electron chi connectivity index (χ1n) is 6.25. The predicted molar refractivity (Wildman–Crippen MR) is 74.3 cm³/mol. The molecule has 0 fully saturated rings. The van der Waals surface area contributed by atoms with Crippen molar-refractivity contribution in [1.29, 1.82) is 0 Å². The van der Waals surface area contributed by atoms with Crippen LogP contribution < -0.4 is 5.73 Å². The van der Waals surface area contributed by atoms with E-state index >= 15 is 0 Å². The van der Waals surface area contributed by atoms with Crippen molar-refractivity contribution in [1.82, 2.24) is 9.88 Å². The van der Waals surface area contributed by atoms with Gasteiger partial charge in [-0.2, -0.15) is 0 Å². The number of nitrogens with two attached hydrogens (primary N) is 1. The first-order valence-corrected chi connectivity index (χ1v) is 6.25. The van der Waals surface area contributed by atoms with Crippen molar-refractivity contribution in [3.63, 3.8) is 0 Å². The summed E-state index contributed by atoms with van der Waals surface area (Å²) in [6.07, 6.45) is 2.44. The Hall–Kier alpha value is -2.27. The molecule has 0 atom stereocenters. The Morgan fingerprint density at radius 2 is 2.00 bits per heavy atom. The fourth-order valence-electron chi connectivity index (χ4n) is 1.99. The number of hydrogen-bond donors (Lipinski definition) is 1. The highest BCUT2D eigenvalue weighted by Crippen LogP contribution is 2.13. The Balaban J connectivity index is 2.18. The average molecular weight is 273 g/mol. The number of halogens is 1. The van der Waals surface area contributed by atoms with Crippen molar-refractivity contribution >= 4 is 5.91 Å². The van der Waals surface area contributed by atoms with Gasteiger partial charge in [0, 0.05) is 26.3 Å². The molecule has 0 aliphatic carbocycles. The van der Waals surface area contributed by atoms with Gasteiger partial charge in [-0.25, -0.2) is 4.39 Å². The van der Waals surface area contributed by atoms with Crippen molar-refractivity contribution < 1.29 is 9.18 Å². The van der Waals surface area contributed by atoms with E-state index in [0.717, 1.165) is 17.3 Å². The second-order valence-corrected chi connectivity index (χ2v) is 4.49. The zero-order valence-corrected chi connectivity index (χ0v) is 11.2. The molecule has 0 aliphatic rings. The average Bonchev–Trinajstić information content (AvgIpc) is 2.47. The zero-order chi connectivity index (χ0) is 14.5. The minimum absolute atomic E-state index is 0.0210. The van der Waals surface area contributed by atoms with Gasteiger partial charge in [-0.15, -0.1) is 0 Å². The zero-order valence-electron chi connectivity index (χ0n) is 11.2. The van der Waals surface area contributed by atoms with E-state index < -0.39 is 5.82 Å². The van der Waals surface area contributed by atoms with Gasteiger partial charge in [0.25, 0.3) is 5.91 Å². The predicted octanol–water partition coefficient (Wildman–Crippen LogP) is 1.95. The summed E-state index contributed by atoms with van der Waals surface area (Å²) < 4.78 is 13.6. The van der Waals surface area contributed by atoms with Crippen LogP contribution in [0.3, 0.4) is 0 Å². The Morgan fingerprint density at radius 1 is 1.30 bits per heavy atom. The molecule has 104 valence electrons. The van der Waals surface area contributed by atoms with Gasteiger partial charge >= 0.3 is 0 Å². The van der Waals surface area contributed by atoms with Crippen LogP contribution in [0.25, 0.3) is 0 Å². The van der Waals surface area contributed by atoms with E-state index in [2.05, 4.69) is 4.98 Å². The van der Waals surface area contributed by atoms with Crippen LogP contribution in [0.1, 0.15) is 21.5 Å². The summed E-state index contributed by atoms with van der Waals surface area (Å²) in [5.41, 5.74) is 7.62. The van der Waals surface area contributed by atoms with Crippen LogP contribution in [0.15, 0.2) is 42.7 Å². The normalized spacial score (nSPS) is 10.3. The topological polar surface area (TPSA) is 59.2 Å². The first-order chi connectivity index (χ1) is 9.63. The molecule has 0 radical (unpaired) electrons. The molecule has 2 aromatic rings. The molecule has 0 spiro atoms. The number of nitrogens with zero attached hydrogens (tertiary/aromatic N) is 2. The van der Waals surface area contributed by atoms with Crippen LogP contribution in [-0.4, -0.2) is 22.8 Å². The summed E-state index contributed by atoms with van der Waals surface area (Å²) in [5.74, 6) is -0.992. The Kier molecular flexibility index (Phi) is 4.42. The largest absolute Gasteiger partial charge is 0.337 e. The van der Waals surface area contributed by atoms with Gasteiger partial charge in [-0.05, 0) is 17.2 Å². The fraction of sp³-hybridized carbons (Fsp3) is 0.200. The summed E-state index contributed by atoms with van der Waals surface area (Å²) >= 11 is 0. The van der Waals surface area contributed by atoms with Crippen LogP contribution in [0.5, 0.6) is 0 Å². The lowest BCUT2D eigenvalue weighted by Gasteiger charge is -2.19. The monoisotopic (exact) mass is 273 g/mol. The van der Waals surface area contributed by atoms with Gasteiger partial charge in [-0.1, -0.05) is 24.3 Å². The molecule has 5 heteroatoms. The Labute approximate surface area is 117 Å². The Morgan fingerprint density at radius 3 is 2.65 bits per heavy atom. The van der Waals surface area contributed by atoms with E-state index in [1.807, 2.05) is 24.3 Å². The van der Waals surface area contributed by atoms with Crippen LogP contribution in [-0.2, 0) is 13.1 Å². The molecule has 1 aromatic heterocycles. The molecular weight excluding hydrogens is 257 g/mol. The van der Waals surface area contributed by atoms with Gasteiger partial charge in [0.15, 0.2) is 5.82 Å². The molecule has 1 aromatic carbocycles. The van der Waals surface area contributed by atoms with E-state index in [0.29, 0.717) is 13.1 Å². The number of pyridine rings is 1. The summed E-state index contributed by atoms with van der Waals surface area (Å²) in [5, 5.41) is 0. The molecule has 0 bridgehead atoms. The summed E-state index contributed by atoms with van der Waals surface area (Å²) in [6.45, 7) is 0.787. The molecule has 20 heavy (non-hydrogen) atoms. The fourth-order valence-corrected chi connectivity index (χ4v) is 1.99. The van der Waals surface area contributed by atoms with Crippen molar-refractivity contribution in [2.24, 2.45) is 5.73 Å². The smallest absolute Gasteiger partial charge is 0.256 e. The number of aromatic nitrogens is 1. The van der Waals surface area contributed by atoms with Crippen LogP contribution in [0, 0.1) is 5.82 Å². The quantitative estimate of drug-likeness (QED) is 0.926. The third-order valence-electron chi connectivity index (χ3n) is 3.10. The minimum atomic E-state index is -0.614. The van der Waals surface area contributed by atoms with E-state index in [9.17, 15) is 9.18 Å². The van der Waals surface area contributed by atoms with Crippen molar-refractivity contribution in [2.45, 2.75) is 13.1 Å². The first kappa shape index (κ1) is 14.1. The number of hydrogen-bond acceptors (Lipinski definition) is 3. The lowest BCUT2D eigenvalue weighted by atomic mass is 10.1. The molecular formula is C15H16FN3O. The lowest BCUT2D eigenvalue weighted by Crippen LogP contribution is -2.27. The molecule has 0 unspecified atom stereocenters.